The molecule has 0 radical (unpaired) electrons. The van der Waals surface area contributed by atoms with Crippen LogP contribution < -0.4 is 11.1 Å². The lowest BCUT2D eigenvalue weighted by atomic mass is 10.0. The van der Waals surface area contributed by atoms with Crippen molar-refractivity contribution < 1.29 is 0 Å². The molecule has 3 N–H and O–H groups in total. The molecular formula is C9H14N2S2. The Morgan fingerprint density at radius 1 is 1.69 bits per heavy atom. The molecule has 0 saturated carbocycles. The first-order valence-corrected chi connectivity index (χ1v) is 5.68. The average Bonchev–Trinajstić information content (AvgIpc) is 2.78. The molecule has 0 bridgehead atoms. The molecule has 1 aliphatic rings. The van der Waals surface area contributed by atoms with Crippen LogP contribution >= 0.6 is 23.6 Å². The number of hydrogen-bond donors (Lipinski definition) is 2. The third-order valence-corrected chi connectivity index (χ3v) is 2.78. The summed E-state index contributed by atoms with van der Waals surface area (Å²) in [6.07, 6.45) is 1.32. The average molecular weight is 214 g/mol. The highest BCUT2D eigenvalue weighted by Gasteiger charge is 2.15. The first kappa shape index (κ1) is 10.6. The lowest BCUT2D eigenvalue weighted by molar-refractivity contribution is 0.767. The lowest BCUT2D eigenvalue weighted by Gasteiger charge is -2.02. The molecule has 1 aliphatic heterocycles. The van der Waals surface area contributed by atoms with Gasteiger partial charge in [0.05, 0.1) is 5.49 Å². The van der Waals surface area contributed by atoms with Crippen molar-refractivity contribution in [2.45, 2.75) is 12.3 Å². The Morgan fingerprint density at radius 3 is 2.92 bits per heavy atom. The first-order chi connectivity index (χ1) is 6.38. The van der Waals surface area contributed by atoms with E-state index in [1.54, 1.807) is 11.3 Å². The number of rotatable bonds is 1. The molecule has 2 heterocycles. The van der Waals surface area contributed by atoms with E-state index >= 15 is 0 Å². The van der Waals surface area contributed by atoms with Gasteiger partial charge >= 0.3 is 0 Å². The number of thiophene rings is 1. The van der Waals surface area contributed by atoms with E-state index < -0.39 is 0 Å². The Hall–Kier alpha value is -0.450. The fourth-order valence-electron chi connectivity index (χ4n) is 1.45. The molecular weight excluding hydrogens is 200 g/mol. The Morgan fingerprint density at radius 2 is 2.46 bits per heavy atom. The molecule has 1 atom stereocenters. The Labute approximate surface area is 88.1 Å². The number of thiocarbonyl (C=S) groups is 1. The predicted molar refractivity (Wildman–Crippen MR) is 62.4 cm³/mol. The highest BCUT2D eigenvalue weighted by Crippen LogP contribution is 2.23. The minimum atomic E-state index is 0.797. The van der Waals surface area contributed by atoms with Crippen molar-refractivity contribution in [3.8, 4) is 0 Å². The molecule has 1 aromatic rings. The van der Waals surface area contributed by atoms with Crippen molar-refractivity contribution >= 4 is 29.0 Å². The van der Waals surface area contributed by atoms with E-state index in [0.717, 1.165) is 11.4 Å². The van der Waals surface area contributed by atoms with Crippen LogP contribution in [0, 0.1) is 0 Å². The topological polar surface area (TPSA) is 38.0 Å². The Balaban J connectivity index is 0.000000251. The van der Waals surface area contributed by atoms with Crippen LogP contribution in [0.2, 0.25) is 0 Å². The summed E-state index contributed by atoms with van der Waals surface area (Å²) in [5, 5.41) is 7.79. The molecule has 0 aromatic carbocycles. The molecule has 2 rings (SSSR count). The van der Waals surface area contributed by atoms with E-state index in [2.05, 4.69) is 40.1 Å². The van der Waals surface area contributed by atoms with E-state index in [0.29, 0.717) is 0 Å². The minimum absolute atomic E-state index is 0.797. The predicted octanol–water partition coefficient (Wildman–Crippen LogP) is 1.73. The summed E-state index contributed by atoms with van der Waals surface area (Å²) in [5.41, 5.74) is 7.14. The number of hydrogen-bond acceptors (Lipinski definition) is 3. The zero-order chi connectivity index (χ0) is 9.52. The normalized spacial score (nSPS) is 20.5. The summed E-state index contributed by atoms with van der Waals surface area (Å²) in [5.74, 6) is 0.797. The van der Waals surface area contributed by atoms with Gasteiger partial charge in [-0.2, -0.15) is 11.3 Å². The molecule has 0 amide bonds. The van der Waals surface area contributed by atoms with Crippen molar-refractivity contribution in [3.63, 3.8) is 0 Å². The largest absolute Gasteiger partial charge is 0.396 e. The second-order valence-electron chi connectivity index (χ2n) is 2.88. The highest BCUT2D eigenvalue weighted by atomic mass is 32.1. The van der Waals surface area contributed by atoms with Crippen LogP contribution in [0.15, 0.2) is 16.8 Å². The fourth-order valence-corrected chi connectivity index (χ4v) is 2.19. The lowest BCUT2D eigenvalue weighted by Crippen LogP contribution is -2.07. The smallest absolute Gasteiger partial charge is 0.0588 e. The van der Waals surface area contributed by atoms with Gasteiger partial charge in [-0.3, -0.25) is 0 Å². The molecule has 4 heteroatoms. The summed E-state index contributed by atoms with van der Waals surface area (Å²) < 4.78 is 0. The van der Waals surface area contributed by atoms with Crippen LogP contribution in [0.4, 0.5) is 0 Å². The molecule has 13 heavy (non-hydrogen) atoms. The maximum Gasteiger partial charge on any atom is 0.0588 e. The SMILES string of the molecule is NC=S.c1cc(C2CCNC2)cs1. The van der Waals surface area contributed by atoms with Gasteiger partial charge in [0.2, 0.25) is 0 Å². The Kier molecular flexibility index (Phi) is 4.97. The van der Waals surface area contributed by atoms with Crippen molar-refractivity contribution in [1.82, 2.24) is 5.32 Å². The highest BCUT2D eigenvalue weighted by molar-refractivity contribution is 7.78. The molecule has 72 valence electrons. The van der Waals surface area contributed by atoms with Gasteiger partial charge in [0.1, 0.15) is 0 Å². The fraction of sp³-hybridized carbons (Fsp3) is 0.444. The van der Waals surface area contributed by atoms with E-state index in [-0.39, 0.29) is 0 Å². The van der Waals surface area contributed by atoms with Crippen LogP contribution in [0.5, 0.6) is 0 Å². The van der Waals surface area contributed by atoms with Gasteiger partial charge in [-0.25, -0.2) is 0 Å². The maximum atomic E-state index is 4.54. The van der Waals surface area contributed by atoms with Crippen LogP contribution in [0.1, 0.15) is 17.9 Å². The number of nitrogens with one attached hydrogen (secondary N) is 1. The summed E-state index contributed by atoms with van der Waals surface area (Å²) >= 11 is 5.84. The molecule has 0 spiro atoms. The molecule has 1 fully saturated rings. The quantitative estimate of drug-likeness (QED) is 0.699. The van der Waals surface area contributed by atoms with Gasteiger partial charge in [-0.05, 0) is 41.3 Å². The minimum Gasteiger partial charge on any atom is -0.396 e. The second kappa shape index (κ2) is 6.07. The van der Waals surface area contributed by atoms with Crippen LogP contribution in [-0.2, 0) is 0 Å². The molecule has 1 aromatic heterocycles. The zero-order valence-corrected chi connectivity index (χ0v) is 9.03. The van der Waals surface area contributed by atoms with Gasteiger partial charge in [0, 0.05) is 6.54 Å². The van der Waals surface area contributed by atoms with Crippen LogP contribution in [-0.4, -0.2) is 18.6 Å². The third kappa shape index (κ3) is 3.42. The molecule has 1 unspecified atom stereocenters. The van der Waals surface area contributed by atoms with Crippen molar-refractivity contribution in [1.29, 1.82) is 0 Å². The molecule has 1 saturated heterocycles. The summed E-state index contributed by atoms with van der Waals surface area (Å²) in [7, 11) is 0. The summed E-state index contributed by atoms with van der Waals surface area (Å²) in [6.45, 7) is 2.37. The van der Waals surface area contributed by atoms with Crippen molar-refractivity contribution in [3.05, 3.63) is 22.4 Å². The van der Waals surface area contributed by atoms with E-state index in [9.17, 15) is 0 Å². The van der Waals surface area contributed by atoms with Crippen LogP contribution in [0.3, 0.4) is 0 Å². The summed E-state index contributed by atoms with van der Waals surface area (Å²) in [6, 6.07) is 2.24. The third-order valence-electron chi connectivity index (χ3n) is 2.07. The van der Waals surface area contributed by atoms with E-state index in [4.69, 9.17) is 0 Å². The Bertz CT molecular complexity index is 228. The monoisotopic (exact) mass is 214 g/mol. The second-order valence-corrected chi connectivity index (χ2v) is 3.93. The van der Waals surface area contributed by atoms with E-state index in [1.165, 1.54) is 25.1 Å². The van der Waals surface area contributed by atoms with E-state index in [1.807, 2.05) is 0 Å². The summed E-state index contributed by atoms with van der Waals surface area (Å²) in [4.78, 5) is 0. The first-order valence-electron chi connectivity index (χ1n) is 4.26. The van der Waals surface area contributed by atoms with Gasteiger partial charge in [-0.1, -0.05) is 12.2 Å². The standard InChI is InChI=1S/C8H11NS.CH3NS/c1-3-9-5-7(1)8-2-4-10-6-8;2-1-3/h2,4,6-7,9H,1,3,5H2;1H,(H2,2,3). The molecule has 2 nitrogen and oxygen atoms in total. The maximum absolute atomic E-state index is 4.54. The number of nitrogens with two attached hydrogens (primary N) is 1. The zero-order valence-electron chi connectivity index (χ0n) is 7.40. The molecule has 0 aliphatic carbocycles. The van der Waals surface area contributed by atoms with Gasteiger partial charge < -0.3 is 11.1 Å². The van der Waals surface area contributed by atoms with Crippen molar-refractivity contribution in [2.75, 3.05) is 13.1 Å². The van der Waals surface area contributed by atoms with Crippen LogP contribution in [0.25, 0.3) is 0 Å². The van der Waals surface area contributed by atoms with Gasteiger partial charge in [0.15, 0.2) is 0 Å². The van der Waals surface area contributed by atoms with Crippen molar-refractivity contribution in [2.24, 2.45) is 5.73 Å². The van der Waals surface area contributed by atoms with Gasteiger partial charge in [-0.15, -0.1) is 0 Å². The van der Waals surface area contributed by atoms with Gasteiger partial charge in [0.25, 0.3) is 0 Å².